The van der Waals surface area contributed by atoms with Crippen molar-refractivity contribution in [1.29, 1.82) is 0 Å². The van der Waals surface area contributed by atoms with Crippen LogP contribution in [0.15, 0.2) is 5.38 Å². The highest BCUT2D eigenvalue weighted by Crippen LogP contribution is 2.26. The van der Waals surface area contributed by atoms with E-state index in [1.165, 1.54) is 18.0 Å². The van der Waals surface area contributed by atoms with E-state index in [0.717, 1.165) is 18.7 Å². The van der Waals surface area contributed by atoms with Gasteiger partial charge in [0, 0.05) is 5.38 Å². The largest absolute Gasteiger partial charge is 0.309 e. The SMILES string of the molecule is CCNC(CCC(C)(C)C)c1csnn1. The molecule has 0 aliphatic carbocycles. The van der Waals surface area contributed by atoms with Crippen molar-refractivity contribution in [2.24, 2.45) is 5.41 Å². The van der Waals surface area contributed by atoms with Crippen LogP contribution in [-0.2, 0) is 0 Å². The highest BCUT2D eigenvalue weighted by atomic mass is 32.1. The summed E-state index contributed by atoms with van der Waals surface area (Å²) in [5, 5.41) is 9.64. The lowest BCUT2D eigenvalue weighted by Crippen LogP contribution is -2.23. The Bertz CT molecular complexity index is 264. The highest BCUT2D eigenvalue weighted by Gasteiger charge is 2.17. The molecule has 0 bridgehead atoms. The van der Waals surface area contributed by atoms with E-state index < -0.39 is 0 Å². The lowest BCUT2D eigenvalue weighted by molar-refractivity contribution is 0.331. The Labute approximate surface area is 96.5 Å². The van der Waals surface area contributed by atoms with Crippen molar-refractivity contribution in [3.8, 4) is 0 Å². The second-order valence-electron chi connectivity index (χ2n) is 5.04. The fraction of sp³-hybridized carbons (Fsp3) is 0.818. The van der Waals surface area contributed by atoms with Crippen molar-refractivity contribution < 1.29 is 0 Å². The topological polar surface area (TPSA) is 37.8 Å². The van der Waals surface area contributed by atoms with Crippen molar-refractivity contribution in [1.82, 2.24) is 14.9 Å². The molecule has 0 saturated carbocycles. The van der Waals surface area contributed by atoms with Crippen LogP contribution in [0.1, 0.15) is 52.3 Å². The number of rotatable bonds is 5. The molecule has 0 spiro atoms. The minimum atomic E-state index is 0.368. The maximum absolute atomic E-state index is 4.14. The summed E-state index contributed by atoms with van der Waals surface area (Å²) in [5.74, 6) is 0. The Morgan fingerprint density at radius 2 is 2.20 bits per heavy atom. The van der Waals surface area contributed by atoms with Crippen LogP contribution in [-0.4, -0.2) is 16.1 Å². The second-order valence-corrected chi connectivity index (χ2v) is 5.65. The van der Waals surface area contributed by atoms with Crippen LogP contribution in [0.3, 0.4) is 0 Å². The minimum absolute atomic E-state index is 0.368. The predicted octanol–water partition coefficient (Wildman–Crippen LogP) is 3.02. The van der Waals surface area contributed by atoms with Gasteiger partial charge in [-0.1, -0.05) is 32.2 Å². The minimum Gasteiger partial charge on any atom is -0.309 e. The molecular weight excluding hydrogens is 206 g/mol. The van der Waals surface area contributed by atoms with E-state index in [1.807, 2.05) is 5.38 Å². The molecule has 1 heterocycles. The number of nitrogens with one attached hydrogen (secondary N) is 1. The monoisotopic (exact) mass is 227 g/mol. The van der Waals surface area contributed by atoms with E-state index in [0.29, 0.717) is 11.5 Å². The Morgan fingerprint density at radius 1 is 1.47 bits per heavy atom. The summed E-state index contributed by atoms with van der Waals surface area (Å²) >= 11 is 1.43. The molecule has 1 atom stereocenters. The fourth-order valence-electron chi connectivity index (χ4n) is 1.50. The molecule has 1 rings (SSSR count). The van der Waals surface area contributed by atoms with Crippen molar-refractivity contribution in [2.45, 2.75) is 46.6 Å². The standard InChI is InChI=1S/C11H21N3S/c1-5-12-9(6-7-11(2,3)4)10-8-15-14-13-10/h8-9,12H,5-7H2,1-4H3. The van der Waals surface area contributed by atoms with Crippen LogP contribution in [0.4, 0.5) is 0 Å². The van der Waals surface area contributed by atoms with E-state index in [2.05, 4.69) is 42.6 Å². The number of aromatic nitrogens is 2. The molecule has 0 radical (unpaired) electrons. The summed E-state index contributed by atoms with van der Waals surface area (Å²) in [7, 11) is 0. The summed E-state index contributed by atoms with van der Waals surface area (Å²) in [5.41, 5.74) is 1.48. The van der Waals surface area contributed by atoms with Crippen LogP contribution in [0, 0.1) is 5.41 Å². The van der Waals surface area contributed by atoms with Crippen LogP contribution >= 0.6 is 11.5 Å². The van der Waals surface area contributed by atoms with E-state index in [1.54, 1.807) is 0 Å². The van der Waals surface area contributed by atoms with Gasteiger partial charge in [-0.2, -0.15) is 0 Å². The second kappa shape index (κ2) is 5.56. The molecule has 15 heavy (non-hydrogen) atoms. The zero-order valence-corrected chi connectivity index (χ0v) is 10.9. The molecule has 86 valence electrons. The fourth-order valence-corrected chi connectivity index (χ4v) is 2.01. The Balaban J connectivity index is 2.52. The van der Waals surface area contributed by atoms with Crippen molar-refractivity contribution in [3.63, 3.8) is 0 Å². The normalized spacial score (nSPS) is 14.1. The third kappa shape index (κ3) is 4.71. The van der Waals surface area contributed by atoms with Gasteiger partial charge in [0.2, 0.25) is 0 Å². The summed E-state index contributed by atoms with van der Waals surface area (Å²) < 4.78 is 3.92. The Hall–Kier alpha value is -0.480. The first-order chi connectivity index (χ1) is 7.03. The summed E-state index contributed by atoms with van der Waals surface area (Å²) in [6, 6.07) is 0.368. The van der Waals surface area contributed by atoms with Gasteiger partial charge in [0.25, 0.3) is 0 Å². The molecular formula is C11H21N3S. The zero-order valence-electron chi connectivity index (χ0n) is 10.1. The third-order valence-corrected chi connectivity index (χ3v) is 2.89. The maximum Gasteiger partial charge on any atom is 0.0924 e. The molecule has 4 heteroatoms. The molecule has 0 saturated heterocycles. The van der Waals surface area contributed by atoms with Gasteiger partial charge in [-0.25, -0.2) is 0 Å². The van der Waals surface area contributed by atoms with Crippen molar-refractivity contribution in [3.05, 3.63) is 11.1 Å². The quantitative estimate of drug-likeness (QED) is 0.840. The van der Waals surface area contributed by atoms with Crippen LogP contribution in [0.25, 0.3) is 0 Å². The Kier molecular flexibility index (Phi) is 4.67. The Morgan fingerprint density at radius 3 is 2.67 bits per heavy atom. The molecule has 0 aromatic carbocycles. The average molecular weight is 227 g/mol. The van der Waals surface area contributed by atoms with E-state index in [-0.39, 0.29) is 0 Å². The molecule has 1 aromatic heterocycles. The number of hydrogen-bond acceptors (Lipinski definition) is 4. The summed E-state index contributed by atoms with van der Waals surface area (Å²) in [4.78, 5) is 0. The summed E-state index contributed by atoms with van der Waals surface area (Å²) in [6.07, 6.45) is 2.32. The van der Waals surface area contributed by atoms with Gasteiger partial charge in [0.05, 0.1) is 11.7 Å². The molecule has 0 fully saturated rings. The predicted molar refractivity (Wildman–Crippen MR) is 65.0 cm³/mol. The van der Waals surface area contributed by atoms with Crippen LogP contribution in [0.5, 0.6) is 0 Å². The van der Waals surface area contributed by atoms with Gasteiger partial charge >= 0.3 is 0 Å². The van der Waals surface area contributed by atoms with Gasteiger partial charge in [-0.3, -0.25) is 0 Å². The zero-order chi connectivity index (χ0) is 11.3. The van der Waals surface area contributed by atoms with Crippen LogP contribution < -0.4 is 5.32 Å². The van der Waals surface area contributed by atoms with Crippen molar-refractivity contribution in [2.75, 3.05) is 6.54 Å². The van der Waals surface area contributed by atoms with E-state index in [9.17, 15) is 0 Å². The van der Waals surface area contributed by atoms with Gasteiger partial charge < -0.3 is 5.32 Å². The molecule has 1 N–H and O–H groups in total. The third-order valence-electron chi connectivity index (χ3n) is 2.37. The van der Waals surface area contributed by atoms with Gasteiger partial charge in [0.15, 0.2) is 0 Å². The van der Waals surface area contributed by atoms with Gasteiger partial charge in [-0.15, -0.1) is 5.10 Å². The molecule has 0 aliphatic rings. The molecule has 1 aromatic rings. The van der Waals surface area contributed by atoms with Crippen LogP contribution in [0.2, 0.25) is 0 Å². The average Bonchev–Trinajstić information content (AvgIpc) is 2.63. The lowest BCUT2D eigenvalue weighted by atomic mass is 9.88. The smallest absolute Gasteiger partial charge is 0.0924 e. The molecule has 3 nitrogen and oxygen atoms in total. The number of nitrogens with zero attached hydrogens (tertiary/aromatic N) is 2. The van der Waals surface area contributed by atoms with Gasteiger partial charge in [0.1, 0.15) is 0 Å². The first-order valence-electron chi connectivity index (χ1n) is 5.53. The van der Waals surface area contributed by atoms with Crippen molar-refractivity contribution >= 4 is 11.5 Å². The first-order valence-corrected chi connectivity index (χ1v) is 6.37. The lowest BCUT2D eigenvalue weighted by Gasteiger charge is -2.22. The molecule has 0 aliphatic heterocycles. The van der Waals surface area contributed by atoms with E-state index >= 15 is 0 Å². The molecule has 1 unspecified atom stereocenters. The van der Waals surface area contributed by atoms with E-state index in [4.69, 9.17) is 0 Å². The molecule has 0 amide bonds. The van der Waals surface area contributed by atoms with Gasteiger partial charge in [-0.05, 0) is 36.3 Å². The maximum atomic E-state index is 4.14. The number of hydrogen-bond donors (Lipinski definition) is 1. The summed E-state index contributed by atoms with van der Waals surface area (Å²) in [6.45, 7) is 9.93. The first kappa shape index (κ1) is 12.6. The highest BCUT2D eigenvalue weighted by molar-refractivity contribution is 7.03.